The molecular weight excluding hydrogens is 474 g/mol. The van der Waals surface area contributed by atoms with E-state index in [2.05, 4.69) is 14.7 Å². The summed E-state index contributed by atoms with van der Waals surface area (Å²) in [5.74, 6) is -4.53. The zero-order chi connectivity index (χ0) is 26.0. The van der Waals surface area contributed by atoms with Crippen LogP contribution >= 0.6 is 0 Å². The fourth-order valence-electron chi connectivity index (χ4n) is 3.38. The maximum atomic E-state index is 12.3. The molecule has 0 aliphatic heterocycles. The van der Waals surface area contributed by atoms with E-state index in [-0.39, 0.29) is 44.7 Å². The van der Waals surface area contributed by atoms with E-state index in [1.54, 1.807) is 0 Å². The number of H-pyrrole nitrogens is 2. The standard InChI is InChI=1S/C24H17N3O9/c25-19(35-23(33)13-9-17(30)11-3-1-5-15(28)21(11)26-13)7-8-20(32)36-24(34)14-10-18(31)12-4-2-6-16(29)22(12)27-14/h1-6,9-10,25,28-29H,7-8H2,(H,26,30)(H,27,31). The van der Waals surface area contributed by atoms with Crippen LogP contribution in [-0.4, -0.2) is 44.0 Å². The van der Waals surface area contributed by atoms with Gasteiger partial charge in [0.1, 0.15) is 22.9 Å². The van der Waals surface area contributed by atoms with E-state index in [9.17, 15) is 34.2 Å². The number of phenols is 2. The smallest absolute Gasteiger partial charge is 0.362 e. The highest BCUT2D eigenvalue weighted by Crippen LogP contribution is 2.21. The highest BCUT2D eigenvalue weighted by atomic mass is 16.6. The number of pyridine rings is 2. The van der Waals surface area contributed by atoms with Gasteiger partial charge in [-0.3, -0.25) is 19.8 Å². The van der Waals surface area contributed by atoms with E-state index in [0.29, 0.717) is 0 Å². The minimum absolute atomic E-state index is 0.00172. The van der Waals surface area contributed by atoms with Gasteiger partial charge in [-0.2, -0.15) is 0 Å². The van der Waals surface area contributed by atoms with E-state index < -0.39 is 47.5 Å². The molecule has 12 heteroatoms. The number of phenolic OH excluding ortho intramolecular Hbond substituents is 2. The predicted molar refractivity (Wildman–Crippen MR) is 125 cm³/mol. The van der Waals surface area contributed by atoms with Crippen LogP contribution in [0.15, 0.2) is 58.1 Å². The van der Waals surface area contributed by atoms with Crippen molar-refractivity contribution in [2.24, 2.45) is 0 Å². The Kier molecular flexibility index (Phi) is 6.33. The first-order valence-corrected chi connectivity index (χ1v) is 10.4. The van der Waals surface area contributed by atoms with Crippen molar-refractivity contribution in [2.45, 2.75) is 12.8 Å². The zero-order valence-corrected chi connectivity index (χ0v) is 18.3. The summed E-state index contributed by atoms with van der Waals surface area (Å²) in [6.07, 6.45) is -0.939. The van der Waals surface area contributed by atoms with Gasteiger partial charge in [-0.25, -0.2) is 9.59 Å². The van der Waals surface area contributed by atoms with Gasteiger partial charge in [-0.15, -0.1) is 0 Å². The number of esters is 3. The molecule has 2 aromatic heterocycles. The third-order valence-corrected chi connectivity index (χ3v) is 5.10. The molecule has 2 aromatic carbocycles. The number of aromatic hydroxyl groups is 2. The van der Waals surface area contributed by atoms with Gasteiger partial charge >= 0.3 is 17.9 Å². The molecule has 4 aromatic rings. The number of aromatic amines is 2. The van der Waals surface area contributed by atoms with Crippen LogP contribution in [0.5, 0.6) is 11.5 Å². The first-order chi connectivity index (χ1) is 17.1. The van der Waals surface area contributed by atoms with Crippen molar-refractivity contribution in [3.8, 4) is 11.5 Å². The molecule has 0 saturated carbocycles. The van der Waals surface area contributed by atoms with E-state index in [4.69, 9.17) is 10.1 Å². The monoisotopic (exact) mass is 491 g/mol. The van der Waals surface area contributed by atoms with Crippen LogP contribution in [0.1, 0.15) is 33.8 Å². The Balaban J connectivity index is 1.37. The number of carbonyl (C=O) groups excluding carboxylic acids is 3. The van der Waals surface area contributed by atoms with Gasteiger partial charge in [0.25, 0.3) is 0 Å². The molecule has 0 fully saturated rings. The number of fused-ring (bicyclic) bond motifs is 2. The molecular formula is C24H17N3O9. The van der Waals surface area contributed by atoms with E-state index in [1.807, 2.05) is 0 Å². The Morgan fingerprint density at radius 2 is 1.22 bits per heavy atom. The molecule has 0 atom stereocenters. The van der Waals surface area contributed by atoms with Gasteiger partial charge in [0.05, 0.1) is 17.5 Å². The number of rotatable bonds is 5. The molecule has 182 valence electrons. The minimum atomic E-state index is -1.18. The van der Waals surface area contributed by atoms with Gasteiger partial charge < -0.3 is 29.7 Å². The van der Waals surface area contributed by atoms with Crippen molar-refractivity contribution in [3.05, 3.63) is 80.4 Å². The lowest BCUT2D eigenvalue weighted by Crippen LogP contribution is -2.19. The molecule has 0 aliphatic rings. The lowest BCUT2D eigenvalue weighted by Gasteiger charge is -2.08. The number of aromatic nitrogens is 2. The second kappa shape index (κ2) is 9.54. The van der Waals surface area contributed by atoms with Gasteiger partial charge in [-0.05, 0) is 24.3 Å². The minimum Gasteiger partial charge on any atom is -0.506 e. The third-order valence-electron chi connectivity index (χ3n) is 5.10. The predicted octanol–water partition coefficient (Wildman–Crippen LogP) is 2.08. The third kappa shape index (κ3) is 4.82. The Bertz CT molecular complexity index is 1560. The maximum absolute atomic E-state index is 12.3. The summed E-state index contributed by atoms with van der Waals surface area (Å²) in [6.45, 7) is 0. The lowest BCUT2D eigenvalue weighted by molar-refractivity contribution is -0.137. The average molecular weight is 491 g/mol. The Labute approximate surface area is 200 Å². The van der Waals surface area contributed by atoms with Crippen LogP contribution in [0, 0.1) is 5.41 Å². The highest BCUT2D eigenvalue weighted by molar-refractivity contribution is 6.00. The van der Waals surface area contributed by atoms with Crippen molar-refractivity contribution >= 4 is 45.6 Å². The van der Waals surface area contributed by atoms with Crippen LogP contribution in [0.3, 0.4) is 0 Å². The molecule has 0 saturated heterocycles. The Morgan fingerprint density at radius 1 is 0.750 bits per heavy atom. The maximum Gasteiger partial charge on any atom is 0.362 e. The quantitative estimate of drug-likeness (QED) is 0.120. The molecule has 0 unspecified atom stereocenters. The summed E-state index contributed by atoms with van der Waals surface area (Å²) in [4.78, 5) is 66.0. The molecule has 12 nitrogen and oxygen atoms in total. The topological polar surface area (TPSA) is 200 Å². The summed E-state index contributed by atoms with van der Waals surface area (Å²) in [6, 6.07) is 10.3. The van der Waals surface area contributed by atoms with E-state index >= 15 is 0 Å². The summed E-state index contributed by atoms with van der Waals surface area (Å²) in [5, 5.41) is 27.8. The summed E-state index contributed by atoms with van der Waals surface area (Å²) in [5.41, 5.74) is -1.80. The first kappa shape index (κ1) is 23.9. The van der Waals surface area contributed by atoms with Crippen LogP contribution in [0.2, 0.25) is 0 Å². The molecule has 5 N–H and O–H groups in total. The van der Waals surface area contributed by atoms with Crippen LogP contribution in [-0.2, 0) is 14.3 Å². The summed E-state index contributed by atoms with van der Waals surface area (Å²) in [7, 11) is 0. The van der Waals surface area contributed by atoms with Gasteiger partial charge in [-0.1, -0.05) is 12.1 Å². The summed E-state index contributed by atoms with van der Waals surface area (Å²) < 4.78 is 9.48. The zero-order valence-electron chi connectivity index (χ0n) is 18.3. The van der Waals surface area contributed by atoms with Crippen molar-refractivity contribution in [1.82, 2.24) is 9.97 Å². The fourth-order valence-corrected chi connectivity index (χ4v) is 3.38. The molecule has 2 heterocycles. The second-order valence-corrected chi connectivity index (χ2v) is 7.57. The van der Waals surface area contributed by atoms with Gasteiger partial charge in [0.15, 0.2) is 16.8 Å². The number of carbonyl (C=O) groups is 3. The van der Waals surface area contributed by atoms with E-state index in [0.717, 1.165) is 12.1 Å². The molecule has 0 aliphatic carbocycles. The number of nitrogens with one attached hydrogen (secondary N) is 3. The normalized spacial score (nSPS) is 10.8. The van der Waals surface area contributed by atoms with Crippen molar-refractivity contribution in [1.29, 1.82) is 5.41 Å². The second-order valence-electron chi connectivity index (χ2n) is 7.57. The van der Waals surface area contributed by atoms with E-state index in [1.165, 1.54) is 36.4 Å². The lowest BCUT2D eigenvalue weighted by atomic mass is 10.2. The van der Waals surface area contributed by atoms with Crippen molar-refractivity contribution < 1.29 is 34.1 Å². The molecule has 0 spiro atoms. The average Bonchev–Trinajstić information content (AvgIpc) is 2.83. The number of benzene rings is 2. The van der Waals surface area contributed by atoms with Crippen LogP contribution in [0.4, 0.5) is 0 Å². The number of hydrogen-bond donors (Lipinski definition) is 5. The first-order valence-electron chi connectivity index (χ1n) is 10.4. The van der Waals surface area contributed by atoms with Crippen molar-refractivity contribution in [2.75, 3.05) is 0 Å². The van der Waals surface area contributed by atoms with Gasteiger partial charge in [0, 0.05) is 29.3 Å². The van der Waals surface area contributed by atoms with Crippen LogP contribution < -0.4 is 10.9 Å². The molecule has 4 rings (SSSR count). The van der Waals surface area contributed by atoms with Crippen molar-refractivity contribution in [3.63, 3.8) is 0 Å². The molecule has 0 amide bonds. The van der Waals surface area contributed by atoms with Crippen LogP contribution in [0.25, 0.3) is 21.8 Å². The number of hydrogen-bond acceptors (Lipinski definition) is 10. The molecule has 36 heavy (non-hydrogen) atoms. The fraction of sp³-hybridized carbons (Fsp3) is 0.0833. The highest BCUT2D eigenvalue weighted by Gasteiger charge is 2.19. The Morgan fingerprint density at radius 3 is 1.72 bits per heavy atom. The number of para-hydroxylation sites is 2. The molecule has 0 radical (unpaired) electrons. The van der Waals surface area contributed by atoms with Gasteiger partial charge in [0.2, 0.25) is 0 Å². The molecule has 0 bridgehead atoms. The Hall–Kier alpha value is -5.26. The largest absolute Gasteiger partial charge is 0.506 e. The summed E-state index contributed by atoms with van der Waals surface area (Å²) >= 11 is 0. The number of ether oxygens (including phenoxy) is 2. The SMILES string of the molecule is N=C(CCC(=O)OC(=O)c1cc(=O)c2cccc(O)c2[nH]1)OC(=O)c1cc(=O)c2cccc(O)c2[nH]1.